The molecule has 0 bridgehead atoms. The minimum absolute atomic E-state index is 0.155. The number of hydrogen-bond acceptors (Lipinski definition) is 4. The molecule has 2 heterocycles. The topological polar surface area (TPSA) is 50.6 Å². The second-order valence-corrected chi connectivity index (χ2v) is 4.68. The highest BCUT2D eigenvalue weighted by Gasteiger charge is 2.18. The van der Waals surface area contributed by atoms with E-state index in [1.165, 1.54) is 0 Å². The predicted octanol–water partition coefficient (Wildman–Crippen LogP) is 0.274. The standard InChI is InChI=1S/C13H20N4O2/c1-3-17-10-12(8-14-17)9-15(2)11-13(18)16-4-6-19-7-5-16/h3,8,10H,1,4-7,9,11H2,2H3. The van der Waals surface area contributed by atoms with Crippen molar-refractivity contribution in [2.75, 3.05) is 39.9 Å². The van der Waals surface area contributed by atoms with Gasteiger partial charge in [0.25, 0.3) is 0 Å². The Morgan fingerprint density at radius 2 is 2.32 bits per heavy atom. The highest BCUT2D eigenvalue weighted by atomic mass is 16.5. The van der Waals surface area contributed by atoms with Crippen molar-refractivity contribution in [2.45, 2.75) is 6.54 Å². The second-order valence-electron chi connectivity index (χ2n) is 4.68. The first kappa shape index (κ1) is 13.8. The molecule has 1 fully saturated rings. The molecule has 0 saturated carbocycles. The van der Waals surface area contributed by atoms with Crippen LogP contribution in [-0.2, 0) is 16.1 Å². The number of carbonyl (C=O) groups is 1. The van der Waals surface area contributed by atoms with Gasteiger partial charge in [-0.15, -0.1) is 0 Å². The van der Waals surface area contributed by atoms with Gasteiger partial charge < -0.3 is 9.64 Å². The van der Waals surface area contributed by atoms with Gasteiger partial charge in [-0.25, -0.2) is 4.68 Å². The lowest BCUT2D eigenvalue weighted by Gasteiger charge is -2.28. The molecule has 1 aliphatic rings. The van der Waals surface area contributed by atoms with E-state index in [9.17, 15) is 4.79 Å². The molecule has 1 aromatic rings. The zero-order valence-corrected chi connectivity index (χ0v) is 11.3. The zero-order chi connectivity index (χ0) is 13.7. The maximum atomic E-state index is 12.1. The van der Waals surface area contributed by atoms with Gasteiger partial charge in [0.05, 0.1) is 26.0 Å². The molecule has 0 radical (unpaired) electrons. The van der Waals surface area contributed by atoms with E-state index < -0.39 is 0 Å². The van der Waals surface area contributed by atoms with E-state index in [1.54, 1.807) is 17.1 Å². The van der Waals surface area contributed by atoms with Gasteiger partial charge in [0.1, 0.15) is 0 Å². The van der Waals surface area contributed by atoms with Crippen LogP contribution in [-0.4, -0.2) is 65.4 Å². The Bertz CT molecular complexity index is 438. The van der Waals surface area contributed by atoms with Crippen molar-refractivity contribution in [2.24, 2.45) is 0 Å². The van der Waals surface area contributed by atoms with Crippen LogP contribution in [0.5, 0.6) is 0 Å². The average molecular weight is 264 g/mol. The fourth-order valence-electron chi connectivity index (χ4n) is 2.07. The normalized spacial score (nSPS) is 15.8. The van der Waals surface area contributed by atoms with Crippen molar-refractivity contribution < 1.29 is 9.53 Å². The Morgan fingerprint density at radius 1 is 1.58 bits per heavy atom. The van der Waals surface area contributed by atoms with Gasteiger partial charge in [0.15, 0.2) is 0 Å². The molecule has 1 saturated heterocycles. The van der Waals surface area contributed by atoms with Crippen molar-refractivity contribution in [3.05, 3.63) is 24.5 Å². The minimum atomic E-state index is 0.155. The van der Waals surface area contributed by atoms with E-state index in [4.69, 9.17) is 4.74 Å². The molecular weight excluding hydrogens is 244 g/mol. The summed E-state index contributed by atoms with van der Waals surface area (Å²) in [7, 11) is 1.93. The lowest BCUT2D eigenvalue weighted by Crippen LogP contribution is -2.44. The molecule has 0 atom stereocenters. The highest BCUT2D eigenvalue weighted by Crippen LogP contribution is 2.04. The number of ether oxygens (including phenoxy) is 1. The first-order chi connectivity index (χ1) is 9.19. The molecular formula is C13H20N4O2. The summed E-state index contributed by atoms with van der Waals surface area (Å²) in [5.41, 5.74) is 1.07. The molecule has 0 spiro atoms. The summed E-state index contributed by atoms with van der Waals surface area (Å²) in [5.74, 6) is 0.155. The molecule has 1 aliphatic heterocycles. The summed E-state index contributed by atoms with van der Waals surface area (Å²) in [6.45, 7) is 7.43. The van der Waals surface area contributed by atoms with Crippen LogP contribution in [0.1, 0.15) is 5.56 Å². The van der Waals surface area contributed by atoms with Crippen molar-refractivity contribution in [1.82, 2.24) is 19.6 Å². The van der Waals surface area contributed by atoms with Gasteiger partial charge in [0.2, 0.25) is 5.91 Å². The summed E-state index contributed by atoms with van der Waals surface area (Å²) in [6, 6.07) is 0. The summed E-state index contributed by atoms with van der Waals surface area (Å²) >= 11 is 0. The fourth-order valence-corrected chi connectivity index (χ4v) is 2.07. The Labute approximate surface area is 113 Å². The van der Waals surface area contributed by atoms with E-state index in [-0.39, 0.29) is 5.91 Å². The highest BCUT2D eigenvalue weighted by molar-refractivity contribution is 5.78. The predicted molar refractivity (Wildman–Crippen MR) is 72.3 cm³/mol. The molecule has 1 aromatic heterocycles. The third-order valence-corrected chi connectivity index (χ3v) is 3.06. The van der Waals surface area contributed by atoms with Crippen LogP contribution in [0.25, 0.3) is 6.20 Å². The molecule has 0 aliphatic carbocycles. The van der Waals surface area contributed by atoms with Crippen LogP contribution >= 0.6 is 0 Å². The first-order valence-electron chi connectivity index (χ1n) is 6.38. The van der Waals surface area contributed by atoms with Gasteiger partial charge in [0, 0.05) is 37.6 Å². The lowest BCUT2D eigenvalue weighted by atomic mass is 10.3. The Morgan fingerprint density at radius 3 is 2.95 bits per heavy atom. The molecule has 0 aromatic carbocycles. The first-order valence-corrected chi connectivity index (χ1v) is 6.38. The van der Waals surface area contributed by atoms with Crippen molar-refractivity contribution in [3.63, 3.8) is 0 Å². The van der Waals surface area contributed by atoms with Gasteiger partial charge in [-0.05, 0) is 7.05 Å². The molecule has 1 amide bonds. The largest absolute Gasteiger partial charge is 0.378 e. The summed E-state index contributed by atoms with van der Waals surface area (Å²) in [5, 5.41) is 4.12. The van der Waals surface area contributed by atoms with Crippen LogP contribution in [0, 0.1) is 0 Å². The number of rotatable bonds is 5. The van der Waals surface area contributed by atoms with Gasteiger partial charge >= 0.3 is 0 Å². The molecule has 6 heteroatoms. The third-order valence-electron chi connectivity index (χ3n) is 3.06. The number of amides is 1. The van der Waals surface area contributed by atoms with Crippen LogP contribution in [0.2, 0.25) is 0 Å². The van der Waals surface area contributed by atoms with Crippen LogP contribution in [0.4, 0.5) is 0 Å². The van der Waals surface area contributed by atoms with E-state index in [0.29, 0.717) is 39.4 Å². The third kappa shape index (κ3) is 3.90. The number of carbonyl (C=O) groups excluding carboxylic acids is 1. The number of aromatic nitrogens is 2. The SMILES string of the molecule is C=Cn1cc(CN(C)CC(=O)N2CCOCC2)cn1. The summed E-state index contributed by atoms with van der Waals surface area (Å²) in [6.07, 6.45) is 5.34. The van der Waals surface area contributed by atoms with E-state index in [2.05, 4.69) is 11.7 Å². The minimum Gasteiger partial charge on any atom is -0.378 e. The zero-order valence-electron chi connectivity index (χ0n) is 11.3. The van der Waals surface area contributed by atoms with Gasteiger partial charge in [-0.1, -0.05) is 6.58 Å². The Balaban J connectivity index is 1.81. The van der Waals surface area contributed by atoms with E-state index in [0.717, 1.165) is 5.56 Å². The second kappa shape index (κ2) is 6.49. The molecule has 0 N–H and O–H groups in total. The Kier molecular flexibility index (Phi) is 4.70. The molecule has 2 rings (SSSR count). The maximum Gasteiger partial charge on any atom is 0.236 e. The van der Waals surface area contributed by atoms with Gasteiger partial charge in [-0.2, -0.15) is 5.10 Å². The lowest BCUT2D eigenvalue weighted by molar-refractivity contribution is -0.136. The molecule has 6 nitrogen and oxygen atoms in total. The van der Waals surface area contributed by atoms with Crippen LogP contribution in [0.15, 0.2) is 19.0 Å². The smallest absolute Gasteiger partial charge is 0.236 e. The number of likely N-dealkylation sites (N-methyl/N-ethyl adjacent to an activating group) is 1. The van der Waals surface area contributed by atoms with Crippen molar-refractivity contribution in [3.8, 4) is 0 Å². The number of morpholine rings is 1. The van der Waals surface area contributed by atoms with Gasteiger partial charge in [-0.3, -0.25) is 9.69 Å². The average Bonchev–Trinajstić information content (AvgIpc) is 2.87. The fraction of sp³-hybridized carbons (Fsp3) is 0.538. The van der Waals surface area contributed by atoms with Crippen molar-refractivity contribution >= 4 is 12.1 Å². The molecule has 104 valence electrons. The molecule has 19 heavy (non-hydrogen) atoms. The quantitative estimate of drug-likeness (QED) is 0.766. The maximum absolute atomic E-state index is 12.1. The van der Waals surface area contributed by atoms with Crippen LogP contribution < -0.4 is 0 Å². The monoisotopic (exact) mass is 264 g/mol. The number of hydrogen-bond donors (Lipinski definition) is 0. The summed E-state index contributed by atoms with van der Waals surface area (Å²) < 4.78 is 6.90. The number of nitrogens with zero attached hydrogens (tertiary/aromatic N) is 4. The summed E-state index contributed by atoms with van der Waals surface area (Å²) in [4.78, 5) is 15.9. The Hall–Kier alpha value is -1.66. The van der Waals surface area contributed by atoms with E-state index >= 15 is 0 Å². The molecule has 0 unspecified atom stereocenters. The van der Waals surface area contributed by atoms with E-state index in [1.807, 2.05) is 23.0 Å². The van der Waals surface area contributed by atoms with Crippen LogP contribution in [0.3, 0.4) is 0 Å². The van der Waals surface area contributed by atoms with Crippen molar-refractivity contribution in [1.29, 1.82) is 0 Å².